The molecule has 10 aromatic rings. The van der Waals surface area contributed by atoms with Crippen LogP contribution in [0, 0.1) is 13.8 Å². The number of fused-ring (bicyclic) bond motifs is 23. The maximum absolute atomic E-state index is 7.23. The SMILES string of the molecule is CCCCOc1c2c(c(OCCCC)c3cc4ccccc4cc13)C1=Nc3[nH]c(c4c(C)c5cccnc5c(OCCCC)c34)N=C3N=C(N=C4CC(=NC2=N1)c1c4c(C)c2ncccc2c1OCCCC)c1c3c(OCCCC)c2ncccc2c1OCCCC. The first-order valence-corrected chi connectivity index (χ1v) is 33.4. The minimum Gasteiger partial charge on any atom is -0.492 e. The van der Waals surface area contributed by atoms with Gasteiger partial charge >= 0.3 is 0 Å². The second kappa shape index (κ2) is 26.0. The average molecular weight is 1230 g/mol. The Balaban J connectivity index is 1.18. The molecule has 0 unspecified atom stereocenters. The van der Waals surface area contributed by atoms with E-state index in [-0.39, 0.29) is 6.42 Å². The molecule has 92 heavy (non-hydrogen) atoms. The van der Waals surface area contributed by atoms with Crippen molar-refractivity contribution in [2.45, 2.75) is 139 Å². The lowest BCUT2D eigenvalue weighted by molar-refractivity contribution is 0.305. The Hall–Kier alpha value is -9.57. The lowest BCUT2D eigenvalue weighted by Crippen LogP contribution is -2.11. The fourth-order valence-corrected chi connectivity index (χ4v) is 13.2. The standard InChI is InChI=1S/C76H78N10O6/c1-9-15-34-87-65-48-29-24-31-77-62(48)44(8)54-52-42-53(56(54)65)81-72-58-59(68(90-37-18-12-4)51-41-46-27-22-21-26-45(46)40-50(51)67(58)89-36-17-11-3)75(84-72)86-74-57-55(43(7)47-28-23-32-78-63(47)69(57)91-38-19-13-5)71(82-74)83-76-61-60(73(80-52)85-76)66(88-35-16-10-2)49-30-25-33-79-64(49)70(61)92-39-20-14-6/h21-33,40-41H,9-20,34-39,42H2,1-8H3,(H,80,81,82,83,84,85,86). The van der Waals surface area contributed by atoms with Crippen molar-refractivity contribution in [1.82, 2.24) is 19.9 Å². The quantitative estimate of drug-likeness (QED) is 0.0454. The fraction of sp³-hybridized carbons (Fsp3) is 0.355. The summed E-state index contributed by atoms with van der Waals surface area (Å²) >= 11 is 0. The monoisotopic (exact) mass is 1230 g/mol. The van der Waals surface area contributed by atoms with Gasteiger partial charge < -0.3 is 33.4 Å². The molecule has 8 bridgehead atoms. The van der Waals surface area contributed by atoms with Crippen LogP contribution >= 0.6 is 0 Å². The molecule has 1 N–H and O–H groups in total. The van der Waals surface area contributed by atoms with E-state index in [1.807, 2.05) is 30.6 Å². The number of ether oxygens (including phenoxy) is 6. The second-order valence-corrected chi connectivity index (χ2v) is 24.2. The zero-order valence-electron chi connectivity index (χ0n) is 54.1. The number of pyridine rings is 3. The van der Waals surface area contributed by atoms with Gasteiger partial charge in [-0.2, -0.15) is 0 Å². The topological polar surface area (TPSA) is 184 Å². The maximum Gasteiger partial charge on any atom is 0.168 e. The van der Waals surface area contributed by atoms with Crippen molar-refractivity contribution in [3.8, 4) is 34.5 Å². The lowest BCUT2D eigenvalue weighted by atomic mass is 9.94. The third kappa shape index (κ3) is 10.4. The van der Waals surface area contributed by atoms with Gasteiger partial charge in [-0.1, -0.05) is 110 Å². The molecule has 4 aromatic heterocycles. The second-order valence-electron chi connectivity index (χ2n) is 24.2. The molecule has 6 aromatic carbocycles. The summed E-state index contributed by atoms with van der Waals surface area (Å²) in [6, 6.07) is 25.0. The number of hydrogen-bond donors (Lipinski definition) is 1. The molecule has 0 saturated carbocycles. The first-order chi connectivity index (χ1) is 45.3. The van der Waals surface area contributed by atoms with Crippen LogP contribution in [-0.4, -0.2) is 94.3 Å². The molecule has 16 heteroatoms. The van der Waals surface area contributed by atoms with E-state index in [9.17, 15) is 0 Å². The van der Waals surface area contributed by atoms with Crippen LogP contribution < -0.4 is 28.4 Å². The summed E-state index contributed by atoms with van der Waals surface area (Å²) in [6.07, 6.45) is 16.2. The van der Waals surface area contributed by atoms with E-state index in [2.05, 4.69) is 115 Å². The highest BCUT2D eigenvalue weighted by atomic mass is 16.5. The maximum atomic E-state index is 7.23. The number of unbranched alkanes of at least 4 members (excludes halogenated alkanes) is 6. The Morgan fingerprint density at radius 1 is 0.348 bits per heavy atom. The van der Waals surface area contributed by atoms with Crippen molar-refractivity contribution in [2.24, 2.45) is 30.0 Å². The molecule has 7 heterocycles. The Morgan fingerprint density at radius 2 is 0.728 bits per heavy atom. The number of aromatic amines is 1. The summed E-state index contributed by atoms with van der Waals surface area (Å²) in [6.45, 7) is 20.0. The molecular formula is C76H78N10O6. The Morgan fingerprint density at radius 3 is 1.23 bits per heavy atom. The van der Waals surface area contributed by atoms with Gasteiger partial charge in [0, 0.05) is 68.5 Å². The summed E-state index contributed by atoms with van der Waals surface area (Å²) in [7, 11) is 0. The number of rotatable bonds is 24. The average Bonchev–Trinajstić information content (AvgIpc) is 1.54. The number of H-pyrrole nitrogens is 1. The summed E-state index contributed by atoms with van der Waals surface area (Å²) in [4.78, 5) is 53.8. The number of hydrogen-bond acceptors (Lipinski definition) is 15. The highest BCUT2D eigenvalue weighted by Gasteiger charge is 2.41. The molecule has 0 amide bonds. The third-order valence-corrected chi connectivity index (χ3v) is 17.9. The number of nitrogens with zero attached hydrogens (tertiary/aromatic N) is 9. The zero-order chi connectivity index (χ0) is 63.0. The number of aliphatic imine (C=N–C) groups is 6. The first kappa shape index (κ1) is 60.0. The molecule has 14 rings (SSSR count). The molecule has 16 nitrogen and oxygen atoms in total. The number of benzene rings is 6. The van der Waals surface area contributed by atoms with Crippen LogP contribution in [0.4, 0.5) is 11.6 Å². The van der Waals surface area contributed by atoms with Gasteiger partial charge in [0.2, 0.25) is 0 Å². The van der Waals surface area contributed by atoms with Crippen LogP contribution in [-0.2, 0) is 0 Å². The predicted molar refractivity (Wildman–Crippen MR) is 374 cm³/mol. The van der Waals surface area contributed by atoms with E-state index in [1.165, 1.54) is 0 Å². The van der Waals surface area contributed by atoms with Crippen molar-refractivity contribution in [3.63, 3.8) is 0 Å². The molecule has 0 saturated heterocycles. The van der Waals surface area contributed by atoms with Crippen LogP contribution in [0.3, 0.4) is 0 Å². The van der Waals surface area contributed by atoms with Gasteiger partial charge in [-0.05, 0) is 117 Å². The van der Waals surface area contributed by atoms with Crippen LogP contribution in [0.15, 0.2) is 121 Å². The fourth-order valence-electron chi connectivity index (χ4n) is 13.2. The Kier molecular flexibility index (Phi) is 16.9. The normalized spacial score (nSPS) is 13.9. The van der Waals surface area contributed by atoms with E-state index in [0.717, 1.165) is 154 Å². The van der Waals surface area contributed by atoms with Crippen molar-refractivity contribution in [2.75, 3.05) is 39.6 Å². The van der Waals surface area contributed by atoms with Gasteiger partial charge in [-0.3, -0.25) is 15.0 Å². The van der Waals surface area contributed by atoms with Crippen molar-refractivity contribution in [3.05, 3.63) is 136 Å². The van der Waals surface area contributed by atoms with E-state index < -0.39 is 0 Å². The first-order valence-electron chi connectivity index (χ1n) is 33.4. The number of aryl methyl sites for hydroxylation is 2. The van der Waals surface area contributed by atoms with E-state index in [4.69, 9.17) is 73.3 Å². The molecule has 0 fully saturated rings. The molecule has 0 spiro atoms. The van der Waals surface area contributed by atoms with Gasteiger partial charge in [0.1, 0.15) is 45.7 Å². The molecule has 0 atom stereocenters. The van der Waals surface area contributed by atoms with E-state index in [1.54, 1.807) is 6.20 Å². The molecule has 3 aliphatic heterocycles. The van der Waals surface area contributed by atoms with Crippen LogP contribution in [0.25, 0.3) is 65.0 Å². The summed E-state index contributed by atoms with van der Waals surface area (Å²) in [5.41, 5.74) is 9.78. The highest BCUT2D eigenvalue weighted by molar-refractivity contribution is 6.39. The smallest absolute Gasteiger partial charge is 0.168 e. The van der Waals surface area contributed by atoms with Gasteiger partial charge in [0.05, 0.1) is 84.2 Å². The molecule has 0 radical (unpaired) electrons. The molecule has 1 aliphatic carbocycles. The Bertz CT molecular complexity index is 4800. The predicted octanol–water partition coefficient (Wildman–Crippen LogP) is 18.2. The molecule has 4 aliphatic rings. The van der Waals surface area contributed by atoms with Crippen LogP contribution in [0.1, 0.15) is 170 Å². The number of aromatic nitrogens is 4. The highest BCUT2D eigenvalue weighted by Crippen LogP contribution is 2.52. The summed E-state index contributed by atoms with van der Waals surface area (Å²) < 4.78 is 42.7. The zero-order valence-corrected chi connectivity index (χ0v) is 54.1. The molecule has 468 valence electrons. The van der Waals surface area contributed by atoms with Gasteiger partial charge in [0.25, 0.3) is 0 Å². The summed E-state index contributed by atoms with van der Waals surface area (Å²) in [5, 5.41) is 7.97. The minimum absolute atomic E-state index is 0.266. The number of amidine groups is 4. The summed E-state index contributed by atoms with van der Waals surface area (Å²) in [5.74, 6) is 6.26. The largest absolute Gasteiger partial charge is 0.492 e. The van der Waals surface area contributed by atoms with Gasteiger partial charge in [-0.25, -0.2) is 30.0 Å². The van der Waals surface area contributed by atoms with Gasteiger partial charge in [-0.15, -0.1) is 0 Å². The lowest BCUT2D eigenvalue weighted by Gasteiger charge is -2.20. The van der Waals surface area contributed by atoms with Crippen molar-refractivity contribution >= 4 is 111 Å². The Labute approximate surface area is 536 Å². The van der Waals surface area contributed by atoms with E-state index in [0.29, 0.717) is 154 Å². The van der Waals surface area contributed by atoms with Crippen LogP contribution in [0.2, 0.25) is 0 Å². The van der Waals surface area contributed by atoms with Crippen molar-refractivity contribution < 1.29 is 28.4 Å². The third-order valence-electron chi connectivity index (χ3n) is 17.9. The number of nitrogens with one attached hydrogen (secondary N) is 1. The van der Waals surface area contributed by atoms with E-state index >= 15 is 0 Å². The van der Waals surface area contributed by atoms with Crippen molar-refractivity contribution in [1.29, 1.82) is 0 Å². The van der Waals surface area contributed by atoms with Gasteiger partial charge in [0.15, 0.2) is 34.8 Å². The molecular weight excluding hydrogens is 1150 g/mol. The minimum atomic E-state index is 0.266. The van der Waals surface area contributed by atoms with Crippen LogP contribution in [0.5, 0.6) is 34.5 Å².